The molecule has 0 aliphatic carbocycles. The Balaban J connectivity index is 2.24. The standard InChI is InChI=1S/C18H27N3/c1-4-11-19-17(12-14(5-2)6-3)18-13-20-15-9-7-8-10-16(15)21-18/h7-10,13-14,17,19H,4-6,11-12H2,1-3H3. The largest absolute Gasteiger partial charge is 0.309 e. The Kier molecular flexibility index (Phi) is 6.12. The Morgan fingerprint density at radius 3 is 2.43 bits per heavy atom. The van der Waals surface area contributed by atoms with Gasteiger partial charge < -0.3 is 5.32 Å². The zero-order chi connectivity index (χ0) is 15.1. The monoisotopic (exact) mass is 285 g/mol. The van der Waals surface area contributed by atoms with Gasteiger partial charge in [0, 0.05) is 0 Å². The van der Waals surface area contributed by atoms with Crippen LogP contribution in [0.4, 0.5) is 0 Å². The summed E-state index contributed by atoms with van der Waals surface area (Å²) in [6, 6.07) is 8.40. The molecule has 0 aliphatic heterocycles. The Labute approximate surface area is 128 Å². The summed E-state index contributed by atoms with van der Waals surface area (Å²) >= 11 is 0. The van der Waals surface area contributed by atoms with E-state index >= 15 is 0 Å². The van der Waals surface area contributed by atoms with E-state index in [4.69, 9.17) is 4.98 Å². The van der Waals surface area contributed by atoms with E-state index in [9.17, 15) is 0 Å². The summed E-state index contributed by atoms with van der Waals surface area (Å²) < 4.78 is 0. The molecule has 0 radical (unpaired) electrons. The van der Waals surface area contributed by atoms with Crippen molar-refractivity contribution in [2.75, 3.05) is 6.54 Å². The van der Waals surface area contributed by atoms with Crippen LogP contribution in [-0.2, 0) is 0 Å². The molecule has 2 rings (SSSR count). The summed E-state index contributed by atoms with van der Waals surface area (Å²) in [4.78, 5) is 9.39. The van der Waals surface area contributed by atoms with Crippen LogP contribution in [0.15, 0.2) is 30.5 Å². The lowest BCUT2D eigenvalue weighted by atomic mass is 9.93. The molecular formula is C18H27N3. The topological polar surface area (TPSA) is 37.8 Å². The number of rotatable bonds is 8. The van der Waals surface area contributed by atoms with Gasteiger partial charge in [-0.15, -0.1) is 0 Å². The lowest BCUT2D eigenvalue weighted by Crippen LogP contribution is -2.25. The van der Waals surface area contributed by atoms with E-state index in [0.29, 0.717) is 6.04 Å². The first-order chi connectivity index (χ1) is 10.3. The number of fused-ring (bicyclic) bond motifs is 1. The molecule has 0 spiro atoms. The highest BCUT2D eigenvalue weighted by Gasteiger charge is 2.17. The van der Waals surface area contributed by atoms with Gasteiger partial charge in [0.25, 0.3) is 0 Å². The van der Waals surface area contributed by atoms with Gasteiger partial charge in [0.05, 0.1) is 29.0 Å². The molecule has 3 heteroatoms. The molecule has 1 unspecified atom stereocenters. The quantitative estimate of drug-likeness (QED) is 0.776. The summed E-state index contributed by atoms with van der Waals surface area (Å²) in [6.07, 6.45) is 6.67. The van der Waals surface area contributed by atoms with E-state index in [0.717, 1.165) is 42.0 Å². The molecule has 21 heavy (non-hydrogen) atoms. The molecule has 1 aromatic heterocycles. The van der Waals surface area contributed by atoms with Crippen molar-refractivity contribution in [2.24, 2.45) is 5.92 Å². The lowest BCUT2D eigenvalue weighted by molar-refractivity contribution is 0.366. The van der Waals surface area contributed by atoms with Crippen LogP contribution in [0.3, 0.4) is 0 Å². The van der Waals surface area contributed by atoms with Crippen molar-refractivity contribution < 1.29 is 0 Å². The van der Waals surface area contributed by atoms with E-state index < -0.39 is 0 Å². The summed E-state index contributed by atoms with van der Waals surface area (Å²) in [5.74, 6) is 0.743. The van der Waals surface area contributed by atoms with Gasteiger partial charge in [0.15, 0.2) is 0 Å². The van der Waals surface area contributed by atoms with Crippen LogP contribution < -0.4 is 5.32 Å². The zero-order valence-electron chi connectivity index (χ0n) is 13.5. The van der Waals surface area contributed by atoms with Gasteiger partial charge in [0.2, 0.25) is 0 Å². The van der Waals surface area contributed by atoms with Crippen LogP contribution in [0.1, 0.15) is 58.2 Å². The number of para-hydroxylation sites is 2. The Bertz CT molecular complexity index is 549. The van der Waals surface area contributed by atoms with Crippen LogP contribution in [0.2, 0.25) is 0 Å². The molecule has 0 amide bonds. The average Bonchev–Trinajstić information content (AvgIpc) is 2.55. The second kappa shape index (κ2) is 8.08. The zero-order valence-corrected chi connectivity index (χ0v) is 13.5. The van der Waals surface area contributed by atoms with Gasteiger partial charge in [-0.25, -0.2) is 4.98 Å². The first-order valence-corrected chi connectivity index (χ1v) is 8.23. The first kappa shape index (κ1) is 15.9. The van der Waals surface area contributed by atoms with Crippen molar-refractivity contribution in [2.45, 2.75) is 52.5 Å². The van der Waals surface area contributed by atoms with Gasteiger partial charge >= 0.3 is 0 Å². The summed E-state index contributed by atoms with van der Waals surface area (Å²) in [5.41, 5.74) is 3.04. The molecule has 3 nitrogen and oxygen atoms in total. The molecule has 114 valence electrons. The molecule has 1 aromatic carbocycles. The maximum atomic E-state index is 4.83. The normalized spacial score (nSPS) is 13.0. The minimum absolute atomic E-state index is 0.312. The number of nitrogens with zero attached hydrogens (tertiary/aromatic N) is 2. The molecule has 1 atom stereocenters. The molecule has 0 bridgehead atoms. The molecule has 0 aliphatic rings. The maximum Gasteiger partial charge on any atom is 0.0890 e. The number of nitrogens with one attached hydrogen (secondary N) is 1. The predicted octanol–water partition coefficient (Wildman–Crippen LogP) is 4.50. The lowest BCUT2D eigenvalue weighted by Gasteiger charge is -2.22. The molecular weight excluding hydrogens is 258 g/mol. The predicted molar refractivity (Wildman–Crippen MR) is 89.3 cm³/mol. The molecule has 0 saturated carbocycles. The Morgan fingerprint density at radius 2 is 1.76 bits per heavy atom. The van der Waals surface area contributed by atoms with Gasteiger partial charge in [-0.3, -0.25) is 4.98 Å². The minimum Gasteiger partial charge on any atom is -0.309 e. The molecule has 1 N–H and O–H groups in total. The van der Waals surface area contributed by atoms with E-state index in [1.54, 1.807) is 0 Å². The first-order valence-electron chi connectivity index (χ1n) is 8.23. The number of hydrogen-bond donors (Lipinski definition) is 1. The summed E-state index contributed by atoms with van der Waals surface area (Å²) in [5, 5.41) is 3.65. The van der Waals surface area contributed by atoms with E-state index in [-0.39, 0.29) is 0 Å². The number of hydrogen-bond acceptors (Lipinski definition) is 3. The molecule has 1 heterocycles. The summed E-state index contributed by atoms with van der Waals surface area (Å²) in [6.45, 7) is 7.78. The fraction of sp³-hybridized carbons (Fsp3) is 0.556. The summed E-state index contributed by atoms with van der Waals surface area (Å²) in [7, 11) is 0. The fourth-order valence-electron chi connectivity index (χ4n) is 2.72. The van der Waals surface area contributed by atoms with Gasteiger partial charge in [0.1, 0.15) is 0 Å². The maximum absolute atomic E-state index is 4.83. The van der Waals surface area contributed by atoms with Crippen LogP contribution in [0.25, 0.3) is 11.0 Å². The average molecular weight is 285 g/mol. The smallest absolute Gasteiger partial charge is 0.0890 e. The SMILES string of the molecule is CCCNC(CC(CC)CC)c1cnc2ccccc2n1. The third kappa shape index (κ3) is 4.24. The third-order valence-electron chi connectivity index (χ3n) is 4.19. The van der Waals surface area contributed by atoms with Gasteiger partial charge in [-0.05, 0) is 37.4 Å². The Hall–Kier alpha value is -1.48. The van der Waals surface area contributed by atoms with Crippen LogP contribution in [-0.4, -0.2) is 16.5 Å². The molecule has 0 fully saturated rings. The van der Waals surface area contributed by atoms with Crippen molar-refractivity contribution in [3.63, 3.8) is 0 Å². The van der Waals surface area contributed by atoms with E-state index in [1.807, 2.05) is 30.5 Å². The van der Waals surface area contributed by atoms with E-state index in [1.165, 1.54) is 12.8 Å². The number of benzene rings is 1. The van der Waals surface area contributed by atoms with Crippen LogP contribution in [0, 0.1) is 5.92 Å². The van der Waals surface area contributed by atoms with Crippen LogP contribution in [0.5, 0.6) is 0 Å². The van der Waals surface area contributed by atoms with Crippen molar-refractivity contribution in [1.29, 1.82) is 0 Å². The third-order valence-corrected chi connectivity index (χ3v) is 4.19. The Morgan fingerprint density at radius 1 is 1.05 bits per heavy atom. The van der Waals surface area contributed by atoms with Gasteiger partial charge in [-0.1, -0.05) is 45.7 Å². The fourth-order valence-corrected chi connectivity index (χ4v) is 2.72. The van der Waals surface area contributed by atoms with Crippen LogP contribution >= 0.6 is 0 Å². The highest BCUT2D eigenvalue weighted by molar-refractivity contribution is 5.73. The minimum atomic E-state index is 0.312. The van der Waals surface area contributed by atoms with E-state index in [2.05, 4.69) is 31.1 Å². The van der Waals surface area contributed by atoms with Crippen molar-refractivity contribution in [3.05, 3.63) is 36.2 Å². The second-order valence-electron chi connectivity index (χ2n) is 5.71. The van der Waals surface area contributed by atoms with Crippen molar-refractivity contribution in [1.82, 2.24) is 15.3 Å². The van der Waals surface area contributed by atoms with Crippen molar-refractivity contribution in [3.8, 4) is 0 Å². The number of aromatic nitrogens is 2. The molecule has 0 saturated heterocycles. The van der Waals surface area contributed by atoms with Crippen molar-refractivity contribution >= 4 is 11.0 Å². The molecule has 2 aromatic rings. The van der Waals surface area contributed by atoms with Gasteiger partial charge in [-0.2, -0.15) is 0 Å². The highest BCUT2D eigenvalue weighted by atomic mass is 15.0. The second-order valence-corrected chi connectivity index (χ2v) is 5.71. The highest BCUT2D eigenvalue weighted by Crippen LogP contribution is 2.25.